The van der Waals surface area contributed by atoms with Crippen LogP contribution in [-0.2, 0) is 27.1 Å². The van der Waals surface area contributed by atoms with Gasteiger partial charge in [0.1, 0.15) is 22.7 Å². The summed E-state index contributed by atoms with van der Waals surface area (Å²) in [5.41, 5.74) is 3.93. The average molecular weight is 570 g/mol. The SMILES string of the molecule is CCCc1cc2cc(Br)ccc2o1.Cc1ccc(S(=O)(=O)OCCc2cc3cc(C)ccc3o2)cc1. The van der Waals surface area contributed by atoms with Crippen molar-refractivity contribution in [2.75, 3.05) is 6.61 Å². The smallest absolute Gasteiger partial charge is 0.296 e. The van der Waals surface area contributed by atoms with Gasteiger partial charge in [-0.1, -0.05) is 52.2 Å². The second-order valence-electron chi connectivity index (χ2n) is 8.74. The van der Waals surface area contributed by atoms with Crippen LogP contribution in [0.4, 0.5) is 0 Å². The van der Waals surface area contributed by atoms with Crippen molar-refractivity contribution in [3.63, 3.8) is 0 Å². The first kappa shape index (κ1) is 26.2. The highest BCUT2D eigenvalue weighted by atomic mass is 79.9. The van der Waals surface area contributed by atoms with Gasteiger partial charge in [-0.25, -0.2) is 0 Å². The summed E-state index contributed by atoms with van der Waals surface area (Å²) in [6.45, 7) is 6.13. The Morgan fingerprint density at radius 3 is 2.00 bits per heavy atom. The quantitative estimate of drug-likeness (QED) is 0.185. The summed E-state index contributed by atoms with van der Waals surface area (Å²) in [6.07, 6.45) is 2.55. The summed E-state index contributed by atoms with van der Waals surface area (Å²) in [4.78, 5) is 0.170. The monoisotopic (exact) mass is 568 g/mol. The number of rotatable bonds is 7. The molecule has 5 nitrogen and oxygen atoms in total. The second-order valence-corrected chi connectivity index (χ2v) is 11.3. The number of benzene rings is 3. The van der Waals surface area contributed by atoms with Crippen LogP contribution in [0.5, 0.6) is 0 Å². The number of hydrogen-bond donors (Lipinski definition) is 0. The molecule has 5 rings (SSSR count). The lowest BCUT2D eigenvalue weighted by Gasteiger charge is -2.05. The van der Waals surface area contributed by atoms with Gasteiger partial charge >= 0.3 is 0 Å². The molecule has 0 spiro atoms. The molecule has 3 aromatic carbocycles. The molecule has 0 saturated heterocycles. The molecule has 7 heteroatoms. The fraction of sp³-hybridized carbons (Fsp3) is 0.241. The lowest BCUT2D eigenvalue weighted by molar-refractivity contribution is 0.312. The fourth-order valence-corrected chi connectivity index (χ4v) is 5.09. The number of furan rings is 2. The summed E-state index contributed by atoms with van der Waals surface area (Å²) in [5, 5.41) is 2.19. The van der Waals surface area contributed by atoms with Crippen molar-refractivity contribution in [1.29, 1.82) is 0 Å². The zero-order chi connectivity index (χ0) is 25.7. The largest absolute Gasteiger partial charge is 0.461 e. The summed E-state index contributed by atoms with van der Waals surface area (Å²) in [7, 11) is -3.73. The van der Waals surface area contributed by atoms with Gasteiger partial charge in [0.05, 0.1) is 11.5 Å². The van der Waals surface area contributed by atoms with E-state index in [0.717, 1.165) is 50.8 Å². The Balaban J connectivity index is 0.000000197. The number of aryl methyl sites for hydroxylation is 3. The van der Waals surface area contributed by atoms with Crippen LogP contribution in [0.1, 0.15) is 36.0 Å². The van der Waals surface area contributed by atoms with Crippen LogP contribution in [0.25, 0.3) is 21.9 Å². The number of fused-ring (bicyclic) bond motifs is 2. The van der Waals surface area contributed by atoms with Crippen molar-refractivity contribution >= 4 is 48.0 Å². The minimum atomic E-state index is -3.73. The molecule has 5 aromatic rings. The minimum Gasteiger partial charge on any atom is -0.461 e. The third kappa shape index (κ3) is 6.66. The molecule has 0 amide bonds. The van der Waals surface area contributed by atoms with E-state index in [0.29, 0.717) is 12.2 Å². The van der Waals surface area contributed by atoms with E-state index < -0.39 is 10.1 Å². The highest BCUT2D eigenvalue weighted by Gasteiger charge is 2.15. The van der Waals surface area contributed by atoms with E-state index in [1.54, 1.807) is 24.3 Å². The van der Waals surface area contributed by atoms with Crippen LogP contribution in [0.15, 0.2) is 91.0 Å². The van der Waals surface area contributed by atoms with Crippen molar-refractivity contribution in [2.45, 2.75) is 44.9 Å². The first-order chi connectivity index (χ1) is 17.2. The number of halogens is 1. The summed E-state index contributed by atoms with van der Waals surface area (Å²) < 4.78 is 41.7. The third-order valence-corrected chi connectivity index (χ3v) is 7.46. The first-order valence-corrected chi connectivity index (χ1v) is 14.1. The Morgan fingerprint density at radius 2 is 1.33 bits per heavy atom. The van der Waals surface area contributed by atoms with Gasteiger partial charge in [0, 0.05) is 28.1 Å². The molecule has 2 heterocycles. The first-order valence-electron chi connectivity index (χ1n) is 11.9. The van der Waals surface area contributed by atoms with Crippen molar-refractivity contribution in [1.82, 2.24) is 0 Å². The number of hydrogen-bond acceptors (Lipinski definition) is 5. The molecule has 0 N–H and O–H groups in total. The molecule has 36 heavy (non-hydrogen) atoms. The van der Waals surface area contributed by atoms with Gasteiger partial charge in [-0.05, 0) is 74.9 Å². The van der Waals surface area contributed by atoms with E-state index in [2.05, 4.69) is 35.0 Å². The van der Waals surface area contributed by atoms with Gasteiger partial charge in [-0.15, -0.1) is 0 Å². The standard InChI is InChI=1S/C18H18O4S.C11H11BrO/c1-13-3-6-17(7-4-13)23(19,20)21-10-9-16-12-15-11-14(2)5-8-18(15)22-16;1-2-3-10-7-8-6-9(12)4-5-11(8)13-10/h3-8,11-12H,9-10H2,1-2H3;4-7H,2-3H2,1H3. The highest BCUT2D eigenvalue weighted by Crippen LogP contribution is 2.24. The van der Waals surface area contributed by atoms with Gasteiger partial charge in [0.2, 0.25) is 0 Å². The van der Waals surface area contributed by atoms with E-state index in [1.807, 2.05) is 50.2 Å². The zero-order valence-corrected chi connectivity index (χ0v) is 23.0. The lowest BCUT2D eigenvalue weighted by Crippen LogP contribution is -2.09. The van der Waals surface area contributed by atoms with Crippen molar-refractivity contribution in [3.05, 3.63) is 99.9 Å². The molecule has 0 radical (unpaired) electrons. The van der Waals surface area contributed by atoms with Crippen LogP contribution in [0.2, 0.25) is 0 Å². The van der Waals surface area contributed by atoms with E-state index in [-0.39, 0.29) is 11.5 Å². The van der Waals surface area contributed by atoms with Gasteiger partial charge < -0.3 is 8.83 Å². The zero-order valence-electron chi connectivity index (χ0n) is 20.6. The van der Waals surface area contributed by atoms with Crippen molar-refractivity contribution in [2.24, 2.45) is 0 Å². The summed E-state index contributed by atoms with van der Waals surface area (Å²) in [5.74, 6) is 1.79. The summed E-state index contributed by atoms with van der Waals surface area (Å²) >= 11 is 3.44. The Morgan fingerprint density at radius 1 is 0.750 bits per heavy atom. The molecular formula is C29H29BrO5S. The van der Waals surface area contributed by atoms with Crippen LogP contribution in [0, 0.1) is 13.8 Å². The van der Waals surface area contributed by atoms with Crippen LogP contribution in [0.3, 0.4) is 0 Å². The van der Waals surface area contributed by atoms with Gasteiger partial charge in [0.25, 0.3) is 10.1 Å². The third-order valence-electron chi connectivity index (χ3n) is 5.65. The Bertz CT molecular complexity index is 1560. The minimum absolute atomic E-state index is 0.0506. The predicted molar refractivity (Wildman–Crippen MR) is 147 cm³/mol. The molecule has 2 aromatic heterocycles. The van der Waals surface area contributed by atoms with Crippen LogP contribution < -0.4 is 0 Å². The fourth-order valence-electron chi connectivity index (χ4n) is 3.80. The molecule has 0 bridgehead atoms. The molecule has 0 unspecified atom stereocenters. The van der Waals surface area contributed by atoms with Gasteiger partial charge in [-0.3, -0.25) is 4.18 Å². The molecule has 0 fully saturated rings. The molecule has 0 saturated carbocycles. The molecule has 0 aliphatic rings. The predicted octanol–water partition coefficient (Wildman–Crippen LogP) is 8.15. The molecule has 188 valence electrons. The van der Waals surface area contributed by atoms with Crippen LogP contribution >= 0.6 is 15.9 Å². The van der Waals surface area contributed by atoms with Gasteiger partial charge in [-0.2, -0.15) is 8.42 Å². The Labute approximate surface area is 220 Å². The topological polar surface area (TPSA) is 69.7 Å². The summed E-state index contributed by atoms with van der Waals surface area (Å²) in [6, 6.07) is 22.6. The van der Waals surface area contributed by atoms with E-state index in [9.17, 15) is 8.42 Å². The van der Waals surface area contributed by atoms with E-state index in [1.165, 1.54) is 5.39 Å². The van der Waals surface area contributed by atoms with Gasteiger partial charge in [0.15, 0.2) is 0 Å². The average Bonchev–Trinajstić information content (AvgIpc) is 3.42. The molecular weight excluding hydrogens is 540 g/mol. The van der Waals surface area contributed by atoms with E-state index >= 15 is 0 Å². The Hall–Kier alpha value is -2.87. The molecule has 0 aliphatic heterocycles. The molecule has 0 aliphatic carbocycles. The molecule has 0 atom stereocenters. The Kier molecular flexibility index (Phi) is 8.34. The maximum Gasteiger partial charge on any atom is 0.296 e. The normalized spacial score (nSPS) is 11.6. The maximum absolute atomic E-state index is 12.1. The lowest BCUT2D eigenvalue weighted by atomic mass is 10.2. The van der Waals surface area contributed by atoms with Crippen LogP contribution in [-0.4, -0.2) is 15.0 Å². The van der Waals surface area contributed by atoms with Crippen molar-refractivity contribution < 1.29 is 21.4 Å². The second kappa shape index (κ2) is 11.5. The highest BCUT2D eigenvalue weighted by molar-refractivity contribution is 9.10. The maximum atomic E-state index is 12.1. The van der Waals surface area contributed by atoms with E-state index in [4.69, 9.17) is 13.0 Å². The van der Waals surface area contributed by atoms with Crippen molar-refractivity contribution in [3.8, 4) is 0 Å².